The zero-order valence-corrected chi connectivity index (χ0v) is 10.5. The Labute approximate surface area is 95.2 Å². The fourth-order valence-electron chi connectivity index (χ4n) is 2.75. The fourth-order valence-corrected chi connectivity index (χ4v) is 2.75. The molecular formula is C13H28N2. The van der Waals surface area contributed by atoms with Crippen molar-refractivity contribution in [2.75, 3.05) is 20.1 Å². The largest absolute Gasteiger partial charge is 0.327 e. The van der Waals surface area contributed by atoms with E-state index in [4.69, 9.17) is 5.73 Å². The van der Waals surface area contributed by atoms with Crippen molar-refractivity contribution in [3.05, 3.63) is 0 Å². The van der Waals surface area contributed by atoms with E-state index in [0.717, 1.165) is 18.9 Å². The van der Waals surface area contributed by atoms with Crippen LogP contribution in [-0.4, -0.2) is 31.1 Å². The molecule has 1 saturated carbocycles. The van der Waals surface area contributed by atoms with Gasteiger partial charge < -0.3 is 10.6 Å². The summed E-state index contributed by atoms with van der Waals surface area (Å²) in [5.41, 5.74) is 6.05. The van der Waals surface area contributed by atoms with E-state index in [1.165, 1.54) is 45.1 Å². The molecule has 0 heterocycles. The van der Waals surface area contributed by atoms with Gasteiger partial charge in [0.25, 0.3) is 0 Å². The van der Waals surface area contributed by atoms with Gasteiger partial charge in [-0.1, -0.05) is 32.6 Å². The van der Waals surface area contributed by atoms with E-state index in [1.807, 2.05) is 0 Å². The van der Waals surface area contributed by atoms with Gasteiger partial charge in [0.2, 0.25) is 0 Å². The van der Waals surface area contributed by atoms with Gasteiger partial charge in [-0.25, -0.2) is 0 Å². The van der Waals surface area contributed by atoms with Gasteiger partial charge in [0, 0.05) is 19.1 Å². The van der Waals surface area contributed by atoms with Crippen LogP contribution in [-0.2, 0) is 0 Å². The molecule has 1 aliphatic carbocycles. The minimum absolute atomic E-state index is 0.378. The molecular weight excluding hydrogens is 184 g/mol. The first-order valence-electron chi connectivity index (χ1n) is 6.66. The number of hydrogen-bond acceptors (Lipinski definition) is 2. The highest BCUT2D eigenvalue weighted by molar-refractivity contribution is 4.71. The molecule has 0 aliphatic heterocycles. The van der Waals surface area contributed by atoms with Gasteiger partial charge in [-0.2, -0.15) is 0 Å². The highest BCUT2D eigenvalue weighted by Gasteiger charge is 2.16. The number of likely N-dealkylation sites (N-methyl/N-ethyl adjacent to an activating group) is 1. The predicted octanol–water partition coefficient (Wildman–Crippen LogP) is 2.63. The van der Waals surface area contributed by atoms with Crippen molar-refractivity contribution in [3.63, 3.8) is 0 Å². The number of nitrogens with two attached hydrogens (primary N) is 1. The van der Waals surface area contributed by atoms with Crippen LogP contribution in [0.15, 0.2) is 0 Å². The molecule has 90 valence electrons. The molecule has 0 aromatic rings. The van der Waals surface area contributed by atoms with Crippen molar-refractivity contribution in [3.8, 4) is 0 Å². The summed E-state index contributed by atoms with van der Waals surface area (Å²) in [6.45, 7) is 4.54. The van der Waals surface area contributed by atoms with Crippen LogP contribution in [0.2, 0.25) is 0 Å². The van der Waals surface area contributed by atoms with Crippen LogP contribution in [0, 0.1) is 5.92 Å². The minimum atomic E-state index is 0.378. The molecule has 0 saturated heterocycles. The molecule has 0 amide bonds. The Morgan fingerprint density at radius 1 is 1.27 bits per heavy atom. The smallest absolute Gasteiger partial charge is 0.0167 e. The van der Waals surface area contributed by atoms with Crippen molar-refractivity contribution in [2.24, 2.45) is 11.7 Å². The van der Waals surface area contributed by atoms with Crippen LogP contribution >= 0.6 is 0 Å². The summed E-state index contributed by atoms with van der Waals surface area (Å²) in [4.78, 5) is 2.44. The average Bonchev–Trinajstić information content (AvgIpc) is 2.19. The van der Waals surface area contributed by atoms with Gasteiger partial charge >= 0.3 is 0 Å². The SMILES string of the molecule is CCCC(N)CN(C)CC1CCCCC1. The summed E-state index contributed by atoms with van der Waals surface area (Å²) >= 11 is 0. The Morgan fingerprint density at radius 3 is 2.53 bits per heavy atom. The Hall–Kier alpha value is -0.0800. The van der Waals surface area contributed by atoms with Crippen LogP contribution < -0.4 is 5.73 Å². The molecule has 1 unspecified atom stereocenters. The first kappa shape index (κ1) is 13.0. The quantitative estimate of drug-likeness (QED) is 0.733. The first-order chi connectivity index (χ1) is 7.22. The molecule has 1 atom stereocenters. The zero-order valence-electron chi connectivity index (χ0n) is 10.5. The van der Waals surface area contributed by atoms with Gasteiger partial charge in [0.1, 0.15) is 0 Å². The maximum Gasteiger partial charge on any atom is 0.0167 e. The van der Waals surface area contributed by atoms with E-state index in [0.29, 0.717) is 6.04 Å². The van der Waals surface area contributed by atoms with Crippen LogP contribution in [0.3, 0.4) is 0 Å². The van der Waals surface area contributed by atoms with Crippen LogP contribution in [0.25, 0.3) is 0 Å². The topological polar surface area (TPSA) is 29.3 Å². The van der Waals surface area contributed by atoms with Crippen molar-refractivity contribution in [1.29, 1.82) is 0 Å². The Balaban J connectivity index is 2.13. The third-order valence-corrected chi connectivity index (χ3v) is 3.50. The van der Waals surface area contributed by atoms with E-state index >= 15 is 0 Å². The summed E-state index contributed by atoms with van der Waals surface area (Å²) in [7, 11) is 2.23. The molecule has 0 aromatic heterocycles. The molecule has 1 aliphatic rings. The standard InChI is InChI=1S/C13H28N2/c1-3-7-13(14)11-15(2)10-12-8-5-4-6-9-12/h12-13H,3-11,14H2,1-2H3. The maximum atomic E-state index is 6.05. The lowest BCUT2D eigenvalue weighted by molar-refractivity contribution is 0.222. The fraction of sp³-hybridized carbons (Fsp3) is 1.00. The van der Waals surface area contributed by atoms with E-state index in [1.54, 1.807) is 0 Å². The van der Waals surface area contributed by atoms with E-state index in [9.17, 15) is 0 Å². The molecule has 0 bridgehead atoms. The van der Waals surface area contributed by atoms with Crippen molar-refractivity contribution in [2.45, 2.75) is 57.9 Å². The third kappa shape index (κ3) is 5.53. The molecule has 1 rings (SSSR count). The Kier molecular flexibility index (Phi) is 6.26. The van der Waals surface area contributed by atoms with Crippen molar-refractivity contribution in [1.82, 2.24) is 4.90 Å². The lowest BCUT2D eigenvalue weighted by Gasteiger charge is -2.28. The van der Waals surface area contributed by atoms with E-state index < -0.39 is 0 Å². The van der Waals surface area contributed by atoms with Crippen LogP contribution in [0.5, 0.6) is 0 Å². The maximum absolute atomic E-state index is 6.05. The summed E-state index contributed by atoms with van der Waals surface area (Å²) < 4.78 is 0. The van der Waals surface area contributed by atoms with Crippen LogP contribution in [0.1, 0.15) is 51.9 Å². The monoisotopic (exact) mass is 212 g/mol. The number of rotatable bonds is 6. The number of nitrogens with zero attached hydrogens (tertiary/aromatic N) is 1. The predicted molar refractivity (Wildman–Crippen MR) is 67.0 cm³/mol. The molecule has 0 radical (unpaired) electrons. The highest BCUT2D eigenvalue weighted by atomic mass is 15.1. The van der Waals surface area contributed by atoms with E-state index in [2.05, 4.69) is 18.9 Å². The van der Waals surface area contributed by atoms with Gasteiger partial charge in [-0.3, -0.25) is 0 Å². The van der Waals surface area contributed by atoms with Gasteiger partial charge in [0.05, 0.1) is 0 Å². The van der Waals surface area contributed by atoms with E-state index in [-0.39, 0.29) is 0 Å². The van der Waals surface area contributed by atoms with Gasteiger partial charge in [-0.15, -0.1) is 0 Å². The second kappa shape index (κ2) is 7.24. The minimum Gasteiger partial charge on any atom is -0.327 e. The second-order valence-corrected chi connectivity index (χ2v) is 5.27. The highest BCUT2D eigenvalue weighted by Crippen LogP contribution is 2.24. The average molecular weight is 212 g/mol. The Morgan fingerprint density at radius 2 is 1.93 bits per heavy atom. The molecule has 2 heteroatoms. The number of hydrogen-bond donors (Lipinski definition) is 1. The normalized spacial score (nSPS) is 20.8. The summed E-state index contributed by atoms with van der Waals surface area (Å²) in [5, 5.41) is 0. The molecule has 1 fully saturated rings. The molecule has 2 N–H and O–H groups in total. The lowest BCUT2D eigenvalue weighted by atomic mass is 9.89. The summed E-state index contributed by atoms with van der Waals surface area (Å²) in [5.74, 6) is 0.942. The second-order valence-electron chi connectivity index (χ2n) is 5.27. The van der Waals surface area contributed by atoms with Crippen molar-refractivity contribution >= 4 is 0 Å². The first-order valence-corrected chi connectivity index (χ1v) is 6.66. The third-order valence-electron chi connectivity index (χ3n) is 3.50. The summed E-state index contributed by atoms with van der Waals surface area (Å²) in [6, 6.07) is 0.378. The zero-order chi connectivity index (χ0) is 11.1. The molecule has 15 heavy (non-hydrogen) atoms. The lowest BCUT2D eigenvalue weighted by Crippen LogP contribution is -2.37. The van der Waals surface area contributed by atoms with Gasteiger partial charge in [-0.05, 0) is 32.2 Å². The van der Waals surface area contributed by atoms with Crippen molar-refractivity contribution < 1.29 is 0 Å². The van der Waals surface area contributed by atoms with Gasteiger partial charge in [0.15, 0.2) is 0 Å². The molecule has 0 aromatic carbocycles. The molecule has 2 nitrogen and oxygen atoms in total. The van der Waals surface area contributed by atoms with Crippen LogP contribution in [0.4, 0.5) is 0 Å². The summed E-state index contributed by atoms with van der Waals surface area (Å²) in [6.07, 6.45) is 9.59. The Bertz CT molecular complexity index is 153. The molecule has 0 spiro atoms.